The van der Waals surface area contributed by atoms with Gasteiger partial charge in [-0.1, -0.05) is 48.5 Å². The van der Waals surface area contributed by atoms with E-state index in [2.05, 4.69) is 21.8 Å². The summed E-state index contributed by atoms with van der Waals surface area (Å²) in [4.78, 5) is 2.64. The van der Waals surface area contributed by atoms with Crippen molar-refractivity contribution in [2.24, 2.45) is 0 Å². The van der Waals surface area contributed by atoms with Gasteiger partial charge in [-0.3, -0.25) is 0 Å². The van der Waals surface area contributed by atoms with Gasteiger partial charge in [-0.2, -0.15) is 0 Å². The van der Waals surface area contributed by atoms with E-state index in [-0.39, 0.29) is 24.4 Å². The zero-order valence-electron chi connectivity index (χ0n) is 19.1. The summed E-state index contributed by atoms with van der Waals surface area (Å²) < 4.78 is 53.1. The van der Waals surface area contributed by atoms with Crippen LogP contribution in [0.4, 0.5) is 0 Å². The Morgan fingerprint density at radius 2 is 1.52 bits per heavy atom. The van der Waals surface area contributed by atoms with Gasteiger partial charge in [-0.05, 0) is 62.5 Å². The van der Waals surface area contributed by atoms with Crippen molar-refractivity contribution in [2.75, 3.05) is 39.5 Å². The zero-order valence-corrected chi connectivity index (χ0v) is 21.6. The molecule has 1 atom stereocenters. The van der Waals surface area contributed by atoms with E-state index in [1.807, 2.05) is 18.2 Å². The Morgan fingerprint density at radius 1 is 0.970 bits per heavy atom. The van der Waals surface area contributed by atoms with Gasteiger partial charge >= 0.3 is 0 Å². The number of likely N-dealkylation sites (tertiary alicyclic amines) is 1. The summed E-state index contributed by atoms with van der Waals surface area (Å²) in [6.45, 7) is 2.89. The Hall–Kier alpha value is -1.49. The lowest BCUT2D eigenvalue weighted by molar-refractivity contribution is 0.199. The molecule has 1 fully saturated rings. The SMILES string of the molecule is CN(CC(CCN1CCC(NS(C)(=O)=O)CC1)c1ccccc1)S(=O)(=O)c1ccccc1.Cl. The molecule has 10 heteroatoms. The van der Waals surface area contributed by atoms with Crippen LogP contribution in [-0.2, 0) is 20.0 Å². The number of piperidine rings is 1. The van der Waals surface area contributed by atoms with Crippen LogP contribution in [0.1, 0.15) is 30.7 Å². The summed E-state index contributed by atoms with van der Waals surface area (Å²) in [5.41, 5.74) is 1.12. The van der Waals surface area contributed by atoms with Gasteiger partial charge in [0, 0.05) is 19.6 Å². The van der Waals surface area contributed by atoms with Crippen LogP contribution in [0.25, 0.3) is 0 Å². The van der Waals surface area contributed by atoms with Crippen molar-refractivity contribution < 1.29 is 16.8 Å². The monoisotopic (exact) mass is 515 g/mol. The molecule has 2 aromatic carbocycles. The molecule has 0 amide bonds. The van der Waals surface area contributed by atoms with Gasteiger partial charge in [0.15, 0.2) is 0 Å². The lowest BCUT2D eigenvalue weighted by Gasteiger charge is -2.33. The topological polar surface area (TPSA) is 86.8 Å². The molecule has 0 spiro atoms. The Morgan fingerprint density at radius 3 is 2.06 bits per heavy atom. The molecule has 1 heterocycles. The molecule has 0 aliphatic carbocycles. The summed E-state index contributed by atoms with van der Waals surface area (Å²) in [6, 6.07) is 18.5. The Bertz CT molecular complexity index is 1060. The smallest absolute Gasteiger partial charge is 0.242 e. The molecular formula is C23H34ClN3O4S2. The molecule has 0 aromatic heterocycles. The number of nitrogens with one attached hydrogen (secondary N) is 1. The molecule has 0 saturated carbocycles. The maximum Gasteiger partial charge on any atom is 0.242 e. The van der Waals surface area contributed by atoms with Crippen LogP contribution < -0.4 is 4.72 Å². The average molecular weight is 516 g/mol. The lowest BCUT2D eigenvalue weighted by Crippen LogP contribution is -2.44. The fraction of sp³-hybridized carbons (Fsp3) is 0.478. The van der Waals surface area contributed by atoms with Crippen molar-refractivity contribution in [3.05, 3.63) is 66.2 Å². The molecule has 33 heavy (non-hydrogen) atoms. The minimum Gasteiger partial charge on any atom is -0.303 e. The second-order valence-electron chi connectivity index (χ2n) is 8.50. The highest BCUT2D eigenvalue weighted by atomic mass is 35.5. The van der Waals surface area contributed by atoms with Crippen LogP contribution in [0.2, 0.25) is 0 Å². The predicted molar refractivity (Wildman–Crippen MR) is 135 cm³/mol. The number of hydrogen-bond donors (Lipinski definition) is 1. The van der Waals surface area contributed by atoms with Gasteiger partial charge in [0.25, 0.3) is 0 Å². The van der Waals surface area contributed by atoms with Crippen LogP contribution in [0.15, 0.2) is 65.6 Å². The van der Waals surface area contributed by atoms with Crippen molar-refractivity contribution in [3.8, 4) is 0 Å². The summed E-state index contributed by atoms with van der Waals surface area (Å²) in [5, 5.41) is 0. The Balaban J connectivity index is 0.00000385. The third-order valence-corrected chi connectivity index (χ3v) is 8.56. The number of nitrogens with zero attached hydrogens (tertiary/aromatic N) is 2. The number of rotatable bonds is 10. The first-order valence-electron chi connectivity index (χ1n) is 10.9. The number of likely N-dealkylation sites (N-methyl/N-ethyl adjacent to an activating group) is 1. The molecule has 0 radical (unpaired) electrons. The van der Waals surface area contributed by atoms with E-state index in [0.717, 1.165) is 44.5 Å². The van der Waals surface area contributed by atoms with Crippen molar-refractivity contribution in [2.45, 2.75) is 36.1 Å². The van der Waals surface area contributed by atoms with Gasteiger partial charge in [0.1, 0.15) is 0 Å². The third-order valence-electron chi connectivity index (χ3n) is 5.96. The number of halogens is 1. The molecule has 2 aromatic rings. The number of sulfonamides is 2. The van der Waals surface area contributed by atoms with Crippen molar-refractivity contribution in [3.63, 3.8) is 0 Å². The molecule has 1 N–H and O–H groups in total. The fourth-order valence-corrected chi connectivity index (χ4v) is 6.26. The van der Waals surface area contributed by atoms with Gasteiger partial charge < -0.3 is 4.90 Å². The average Bonchev–Trinajstić information content (AvgIpc) is 2.77. The molecular weight excluding hydrogens is 482 g/mol. The van der Waals surface area contributed by atoms with Gasteiger partial charge in [-0.15, -0.1) is 12.4 Å². The first kappa shape index (κ1) is 27.8. The van der Waals surface area contributed by atoms with Crippen LogP contribution in [0.3, 0.4) is 0 Å². The molecule has 0 bridgehead atoms. The fourth-order valence-electron chi connectivity index (χ4n) is 4.19. The van der Waals surface area contributed by atoms with E-state index in [4.69, 9.17) is 0 Å². The standard InChI is InChI=1S/C23H33N3O4S2.ClH/c1-25(32(29,30)23-11-7-4-8-12-23)19-21(20-9-5-3-6-10-20)13-16-26-17-14-22(15-18-26)24-31(2,27)28;/h3-12,21-22,24H,13-19H2,1-2H3;1H. The summed E-state index contributed by atoms with van der Waals surface area (Å²) >= 11 is 0. The van der Waals surface area contributed by atoms with E-state index >= 15 is 0 Å². The summed E-state index contributed by atoms with van der Waals surface area (Å²) in [7, 11) is -5.10. The quantitative estimate of drug-likeness (QED) is 0.525. The molecule has 7 nitrogen and oxygen atoms in total. The van der Waals surface area contributed by atoms with E-state index in [9.17, 15) is 16.8 Å². The molecule has 3 rings (SSSR count). The highest BCUT2D eigenvalue weighted by Gasteiger charge is 2.26. The maximum atomic E-state index is 13.0. The second-order valence-corrected chi connectivity index (χ2v) is 12.3. The highest BCUT2D eigenvalue weighted by molar-refractivity contribution is 7.89. The minimum atomic E-state index is -3.56. The van der Waals surface area contributed by atoms with Gasteiger partial charge in [0.05, 0.1) is 11.2 Å². The first-order chi connectivity index (χ1) is 15.1. The highest BCUT2D eigenvalue weighted by Crippen LogP contribution is 2.25. The van der Waals surface area contributed by atoms with Crippen LogP contribution >= 0.6 is 12.4 Å². The summed E-state index contributed by atoms with van der Waals surface area (Å²) in [6.07, 6.45) is 3.59. The largest absolute Gasteiger partial charge is 0.303 e. The van der Waals surface area contributed by atoms with Crippen LogP contribution in [-0.4, -0.2) is 71.6 Å². The van der Waals surface area contributed by atoms with Crippen molar-refractivity contribution in [1.82, 2.24) is 13.9 Å². The molecule has 184 valence electrons. The molecule has 1 aliphatic heterocycles. The molecule has 1 aliphatic rings. The van der Waals surface area contributed by atoms with E-state index < -0.39 is 20.0 Å². The number of hydrogen-bond acceptors (Lipinski definition) is 5. The maximum absolute atomic E-state index is 13.0. The van der Waals surface area contributed by atoms with Crippen molar-refractivity contribution in [1.29, 1.82) is 0 Å². The normalized spacial score (nSPS) is 16.9. The van der Waals surface area contributed by atoms with E-state index in [1.165, 1.54) is 10.6 Å². The summed E-state index contributed by atoms with van der Waals surface area (Å²) in [5.74, 6) is 0.0616. The Kier molecular flexibility index (Phi) is 10.3. The minimum absolute atomic E-state index is 0. The predicted octanol–water partition coefficient (Wildman–Crippen LogP) is 2.92. The Labute approximate surface area is 204 Å². The van der Waals surface area contributed by atoms with Crippen LogP contribution in [0.5, 0.6) is 0 Å². The second kappa shape index (κ2) is 12.3. The van der Waals surface area contributed by atoms with Crippen molar-refractivity contribution >= 4 is 32.5 Å². The number of benzene rings is 2. The lowest BCUT2D eigenvalue weighted by atomic mass is 9.95. The van der Waals surface area contributed by atoms with Crippen LogP contribution in [0, 0.1) is 0 Å². The van der Waals surface area contributed by atoms with E-state index in [0.29, 0.717) is 11.4 Å². The van der Waals surface area contributed by atoms with Gasteiger partial charge in [0.2, 0.25) is 20.0 Å². The zero-order chi connectivity index (χ0) is 23.2. The van der Waals surface area contributed by atoms with E-state index in [1.54, 1.807) is 37.4 Å². The first-order valence-corrected chi connectivity index (χ1v) is 14.2. The molecule has 1 saturated heterocycles. The van der Waals surface area contributed by atoms with Gasteiger partial charge in [-0.25, -0.2) is 25.9 Å². The molecule has 1 unspecified atom stereocenters. The third kappa shape index (κ3) is 8.35.